The Hall–Kier alpha value is -3.48. The van der Waals surface area contributed by atoms with Crippen LogP contribution in [0.5, 0.6) is 0 Å². The quantitative estimate of drug-likeness (QED) is 0.582. The van der Waals surface area contributed by atoms with Gasteiger partial charge in [0.15, 0.2) is 5.69 Å². The van der Waals surface area contributed by atoms with Crippen LogP contribution in [-0.4, -0.2) is 30.7 Å². The third-order valence-electron chi connectivity index (χ3n) is 4.70. The number of aromatic carboxylic acids is 1. The van der Waals surface area contributed by atoms with E-state index in [9.17, 15) is 14.7 Å². The molecule has 136 valence electrons. The van der Waals surface area contributed by atoms with Crippen molar-refractivity contribution in [2.45, 2.75) is 26.7 Å². The van der Waals surface area contributed by atoms with Crippen molar-refractivity contribution in [1.29, 1.82) is 0 Å². The average Bonchev–Trinajstić information content (AvgIpc) is 3.02. The van der Waals surface area contributed by atoms with Crippen LogP contribution in [0.4, 0.5) is 0 Å². The molecule has 0 atom stereocenters. The van der Waals surface area contributed by atoms with Crippen LogP contribution in [0, 0.1) is 6.92 Å². The summed E-state index contributed by atoms with van der Waals surface area (Å²) in [7, 11) is 0. The molecule has 0 aliphatic carbocycles. The van der Waals surface area contributed by atoms with Gasteiger partial charge in [0.25, 0.3) is 5.56 Å². The third-order valence-corrected chi connectivity index (χ3v) is 4.70. The summed E-state index contributed by atoms with van der Waals surface area (Å²) in [4.78, 5) is 31.6. The van der Waals surface area contributed by atoms with Crippen molar-refractivity contribution in [2.75, 3.05) is 0 Å². The largest absolute Gasteiger partial charge is 0.476 e. The normalized spacial score (nSPS) is 11.6. The van der Waals surface area contributed by atoms with Gasteiger partial charge in [0.05, 0.1) is 17.4 Å². The monoisotopic (exact) mass is 362 g/mol. The molecule has 3 aromatic heterocycles. The smallest absolute Gasteiger partial charge is 0.356 e. The van der Waals surface area contributed by atoms with Gasteiger partial charge in [0, 0.05) is 22.7 Å². The maximum absolute atomic E-state index is 12.7. The number of fused-ring (bicyclic) bond motifs is 2. The maximum atomic E-state index is 12.7. The first-order valence-electron chi connectivity index (χ1n) is 8.61. The Morgan fingerprint density at radius 3 is 2.78 bits per heavy atom. The summed E-state index contributed by atoms with van der Waals surface area (Å²) < 4.78 is 1.36. The van der Waals surface area contributed by atoms with Gasteiger partial charge in [-0.15, -0.1) is 0 Å². The van der Waals surface area contributed by atoms with Gasteiger partial charge in [-0.05, 0) is 30.5 Å². The number of aryl methyl sites for hydroxylation is 1. The molecule has 4 aromatic rings. The summed E-state index contributed by atoms with van der Waals surface area (Å²) in [5, 5.41) is 14.6. The molecule has 7 nitrogen and oxygen atoms in total. The molecule has 0 amide bonds. The van der Waals surface area contributed by atoms with E-state index in [2.05, 4.69) is 15.1 Å². The second-order valence-electron chi connectivity index (χ2n) is 6.88. The lowest BCUT2D eigenvalue weighted by Crippen LogP contribution is -2.13. The summed E-state index contributed by atoms with van der Waals surface area (Å²) in [6.07, 6.45) is 3.32. The highest BCUT2D eigenvalue weighted by Gasteiger charge is 2.23. The van der Waals surface area contributed by atoms with E-state index in [1.165, 1.54) is 4.52 Å². The third kappa shape index (κ3) is 2.68. The lowest BCUT2D eigenvalue weighted by Gasteiger charge is -2.07. The fourth-order valence-corrected chi connectivity index (χ4v) is 3.40. The van der Waals surface area contributed by atoms with Crippen LogP contribution >= 0.6 is 0 Å². The van der Waals surface area contributed by atoms with Crippen LogP contribution in [0.3, 0.4) is 0 Å². The summed E-state index contributed by atoms with van der Waals surface area (Å²) in [6, 6.07) is 7.84. The highest BCUT2D eigenvalue weighted by atomic mass is 16.4. The second kappa shape index (κ2) is 6.05. The maximum Gasteiger partial charge on any atom is 0.356 e. The number of nitrogens with one attached hydrogen (secondary N) is 1. The minimum Gasteiger partial charge on any atom is -0.476 e. The zero-order valence-corrected chi connectivity index (χ0v) is 15.1. The zero-order chi connectivity index (χ0) is 19.3. The molecule has 7 heteroatoms. The van der Waals surface area contributed by atoms with E-state index in [1.54, 1.807) is 12.4 Å². The molecule has 3 heterocycles. The second-order valence-corrected chi connectivity index (χ2v) is 6.88. The predicted molar refractivity (Wildman–Crippen MR) is 102 cm³/mol. The minimum atomic E-state index is -1.15. The standard InChI is InChI=1S/C20H18N4O3/c1-10(2)16-17(20(26)27)23-24-9-15(22-19(25)18(16)24)12-7-13-11(3)5-4-6-14(13)21-8-12/h4-10H,1-3H3,(H,22,25)(H,26,27). The van der Waals surface area contributed by atoms with Gasteiger partial charge in [-0.1, -0.05) is 26.0 Å². The summed E-state index contributed by atoms with van der Waals surface area (Å²) >= 11 is 0. The number of rotatable bonds is 3. The number of hydrogen-bond acceptors (Lipinski definition) is 4. The van der Waals surface area contributed by atoms with Crippen LogP contribution < -0.4 is 5.56 Å². The van der Waals surface area contributed by atoms with E-state index in [1.807, 2.05) is 45.0 Å². The fraction of sp³-hybridized carbons (Fsp3) is 0.200. The first-order valence-corrected chi connectivity index (χ1v) is 8.61. The first kappa shape index (κ1) is 17.0. The molecule has 0 spiro atoms. The first-order chi connectivity index (χ1) is 12.9. The highest BCUT2D eigenvalue weighted by Crippen LogP contribution is 2.26. The molecular weight excluding hydrogens is 344 g/mol. The molecule has 2 N–H and O–H groups in total. The molecule has 0 aliphatic rings. The predicted octanol–water partition coefficient (Wildman–Crippen LogP) is 3.37. The number of pyridine rings is 1. The number of hydrogen-bond donors (Lipinski definition) is 2. The minimum absolute atomic E-state index is 0.0971. The summed E-state index contributed by atoms with van der Waals surface area (Å²) in [5.74, 6) is -1.29. The number of benzene rings is 1. The van der Waals surface area contributed by atoms with E-state index in [0.717, 1.165) is 22.0 Å². The Morgan fingerprint density at radius 1 is 1.30 bits per heavy atom. The van der Waals surface area contributed by atoms with Crippen LogP contribution in [0.25, 0.3) is 27.7 Å². The molecule has 0 unspecified atom stereocenters. The van der Waals surface area contributed by atoms with Crippen molar-refractivity contribution >= 4 is 22.4 Å². The van der Waals surface area contributed by atoms with Crippen molar-refractivity contribution in [2.24, 2.45) is 0 Å². The molecule has 0 radical (unpaired) electrons. The fourth-order valence-electron chi connectivity index (χ4n) is 3.40. The van der Waals surface area contributed by atoms with Gasteiger partial charge >= 0.3 is 5.97 Å². The van der Waals surface area contributed by atoms with Gasteiger partial charge in [0.2, 0.25) is 0 Å². The Kier molecular flexibility index (Phi) is 3.80. The van der Waals surface area contributed by atoms with Gasteiger partial charge < -0.3 is 10.1 Å². The van der Waals surface area contributed by atoms with Gasteiger partial charge in [0.1, 0.15) is 5.52 Å². The number of carboxylic acid groups (broad SMARTS) is 1. The van der Waals surface area contributed by atoms with E-state index in [4.69, 9.17) is 0 Å². The Labute approximate surface area is 154 Å². The number of aromatic amines is 1. The van der Waals surface area contributed by atoms with Gasteiger partial charge in [-0.25, -0.2) is 9.31 Å². The van der Waals surface area contributed by atoms with E-state index in [-0.39, 0.29) is 22.7 Å². The SMILES string of the molecule is Cc1cccc2ncc(-c3cn4nc(C(=O)O)c(C(C)C)c4c(=O)[nH]3)cc12. The van der Waals surface area contributed by atoms with Crippen molar-refractivity contribution in [1.82, 2.24) is 19.6 Å². The number of carbonyl (C=O) groups is 1. The van der Waals surface area contributed by atoms with Crippen molar-refractivity contribution < 1.29 is 9.90 Å². The Bertz CT molecular complexity index is 1270. The van der Waals surface area contributed by atoms with Crippen LogP contribution in [-0.2, 0) is 0 Å². The molecule has 0 saturated carbocycles. The van der Waals surface area contributed by atoms with E-state index >= 15 is 0 Å². The Morgan fingerprint density at radius 2 is 2.07 bits per heavy atom. The topological polar surface area (TPSA) is 100 Å². The molecule has 27 heavy (non-hydrogen) atoms. The number of H-pyrrole nitrogens is 1. The molecule has 0 saturated heterocycles. The van der Waals surface area contributed by atoms with Gasteiger partial charge in [-0.2, -0.15) is 5.10 Å². The molecule has 0 fully saturated rings. The van der Waals surface area contributed by atoms with Crippen molar-refractivity contribution in [3.05, 3.63) is 63.8 Å². The lowest BCUT2D eigenvalue weighted by atomic mass is 10.0. The van der Waals surface area contributed by atoms with Crippen LogP contribution in [0.1, 0.15) is 41.4 Å². The summed E-state index contributed by atoms with van der Waals surface area (Å²) in [5.41, 5.74) is 3.44. The average molecular weight is 362 g/mol. The van der Waals surface area contributed by atoms with Crippen LogP contribution in [0.15, 0.2) is 41.5 Å². The highest BCUT2D eigenvalue weighted by molar-refractivity contribution is 5.90. The van der Waals surface area contributed by atoms with Crippen molar-refractivity contribution in [3.8, 4) is 11.3 Å². The summed E-state index contributed by atoms with van der Waals surface area (Å²) in [6.45, 7) is 5.68. The number of aromatic nitrogens is 4. The molecule has 1 aromatic carbocycles. The molecule has 0 aliphatic heterocycles. The van der Waals surface area contributed by atoms with E-state index < -0.39 is 5.97 Å². The number of nitrogens with zero attached hydrogens (tertiary/aromatic N) is 3. The molecular formula is C20H18N4O3. The molecule has 4 rings (SSSR count). The van der Waals surface area contributed by atoms with E-state index in [0.29, 0.717) is 11.3 Å². The van der Waals surface area contributed by atoms with Crippen molar-refractivity contribution in [3.63, 3.8) is 0 Å². The van der Waals surface area contributed by atoms with Gasteiger partial charge in [-0.3, -0.25) is 9.78 Å². The number of carboxylic acids is 1. The lowest BCUT2D eigenvalue weighted by molar-refractivity contribution is 0.0688. The van der Waals surface area contributed by atoms with Crippen LogP contribution in [0.2, 0.25) is 0 Å². The Balaban J connectivity index is 1.98. The zero-order valence-electron chi connectivity index (χ0n) is 15.1. The molecule has 0 bridgehead atoms.